The molecule has 0 bridgehead atoms. The largest absolute Gasteiger partial charge is 0.497 e. The number of piperidine rings is 1. The van der Waals surface area contributed by atoms with Gasteiger partial charge in [-0.05, 0) is 51.8 Å². The van der Waals surface area contributed by atoms with Crippen LogP contribution in [-0.2, 0) is 9.53 Å². The Hall–Kier alpha value is -2.31. The summed E-state index contributed by atoms with van der Waals surface area (Å²) in [6.45, 7) is 7.30. The standard InChI is InChI=1S/C20H29FN2O4/c1-13(14-6-8-15(26-5)9-7-14)22-18(24)16-10-11-23(12-17(16)21)19(25)27-20(2,3)4/h6-9,13,16-17H,10-12H2,1-5H3,(H,22,24)/t13-,16-,17+/m1/s1. The fourth-order valence-electron chi connectivity index (χ4n) is 2.99. The molecule has 1 N–H and O–H groups in total. The molecular weight excluding hydrogens is 351 g/mol. The van der Waals surface area contributed by atoms with Gasteiger partial charge in [-0.2, -0.15) is 0 Å². The number of hydrogen-bond donors (Lipinski definition) is 1. The normalized spacial score (nSPS) is 21.3. The third-order valence-electron chi connectivity index (χ3n) is 4.50. The molecule has 1 fully saturated rings. The van der Waals surface area contributed by atoms with Crippen molar-refractivity contribution in [3.8, 4) is 5.75 Å². The Labute approximate surface area is 160 Å². The summed E-state index contributed by atoms with van der Waals surface area (Å²) < 4.78 is 25.0. The number of rotatable bonds is 4. The number of methoxy groups -OCH3 is 1. The predicted molar refractivity (Wildman–Crippen MR) is 100 cm³/mol. The average molecular weight is 380 g/mol. The number of alkyl halides is 1. The summed E-state index contributed by atoms with van der Waals surface area (Å²) in [4.78, 5) is 25.9. The third-order valence-corrected chi connectivity index (χ3v) is 4.50. The summed E-state index contributed by atoms with van der Waals surface area (Å²) >= 11 is 0. The molecule has 1 heterocycles. The van der Waals surface area contributed by atoms with Gasteiger partial charge in [0, 0.05) is 6.54 Å². The van der Waals surface area contributed by atoms with Gasteiger partial charge in [0.15, 0.2) is 0 Å². The summed E-state index contributed by atoms with van der Waals surface area (Å²) in [5, 5.41) is 2.86. The Kier molecular flexibility index (Phi) is 6.68. The molecule has 0 aliphatic carbocycles. The molecule has 2 rings (SSSR count). The summed E-state index contributed by atoms with van der Waals surface area (Å²) in [7, 11) is 1.59. The van der Waals surface area contributed by atoms with Gasteiger partial charge in [-0.15, -0.1) is 0 Å². The molecular formula is C20H29FN2O4. The number of halogens is 1. The van der Waals surface area contributed by atoms with Crippen molar-refractivity contribution in [3.05, 3.63) is 29.8 Å². The Balaban J connectivity index is 1.91. The van der Waals surface area contributed by atoms with Crippen molar-refractivity contribution in [2.24, 2.45) is 5.92 Å². The van der Waals surface area contributed by atoms with E-state index in [0.717, 1.165) is 11.3 Å². The lowest BCUT2D eigenvalue weighted by Gasteiger charge is -2.35. The van der Waals surface area contributed by atoms with Crippen LogP contribution in [0.3, 0.4) is 0 Å². The van der Waals surface area contributed by atoms with Gasteiger partial charge < -0.3 is 19.7 Å². The minimum absolute atomic E-state index is 0.135. The van der Waals surface area contributed by atoms with Crippen molar-refractivity contribution < 1.29 is 23.5 Å². The molecule has 27 heavy (non-hydrogen) atoms. The van der Waals surface area contributed by atoms with Gasteiger partial charge >= 0.3 is 6.09 Å². The first-order valence-electron chi connectivity index (χ1n) is 9.17. The molecule has 0 spiro atoms. The summed E-state index contributed by atoms with van der Waals surface area (Å²) in [6.07, 6.45) is -1.70. The molecule has 2 amide bonds. The SMILES string of the molecule is COc1ccc([C@@H](C)NC(=O)[C@@H]2CCN(C(=O)OC(C)(C)C)C[C@@H]2F)cc1. The van der Waals surface area contributed by atoms with Crippen LogP contribution in [0.25, 0.3) is 0 Å². The van der Waals surface area contributed by atoms with Crippen LogP contribution < -0.4 is 10.1 Å². The van der Waals surface area contributed by atoms with Gasteiger partial charge in [0.1, 0.15) is 17.5 Å². The van der Waals surface area contributed by atoms with Gasteiger partial charge in [-0.3, -0.25) is 4.79 Å². The van der Waals surface area contributed by atoms with Gasteiger partial charge in [0.05, 0.1) is 25.6 Å². The number of nitrogens with one attached hydrogen (secondary N) is 1. The lowest BCUT2D eigenvalue weighted by molar-refractivity contribution is -0.129. The zero-order valence-electron chi connectivity index (χ0n) is 16.6. The minimum Gasteiger partial charge on any atom is -0.497 e. The first-order chi connectivity index (χ1) is 12.6. The smallest absolute Gasteiger partial charge is 0.410 e. The van der Waals surface area contributed by atoms with Crippen molar-refractivity contribution in [2.45, 2.75) is 51.9 Å². The van der Waals surface area contributed by atoms with Crippen LogP contribution in [0.5, 0.6) is 5.75 Å². The summed E-state index contributed by atoms with van der Waals surface area (Å²) in [6, 6.07) is 7.10. The van der Waals surface area contributed by atoms with Crippen molar-refractivity contribution in [2.75, 3.05) is 20.2 Å². The van der Waals surface area contributed by atoms with E-state index < -0.39 is 23.8 Å². The lowest BCUT2D eigenvalue weighted by Crippen LogP contribution is -2.50. The molecule has 150 valence electrons. The van der Waals surface area contributed by atoms with E-state index in [9.17, 15) is 14.0 Å². The number of benzene rings is 1. The van der Waals surface area contributed by atoms with Gasteiger partial charge in [0.25, 0.3) is 0 Å². The maximum atomic E-state index is 14.6. The topological polar surface area (TPSA) is 67.9 Å². The molecule has 0 unspecified atom stereocenters. The molecule has 1 aromatic carbocycles. The quantitative estimate of drug-likeness (QED) is 0.869. The maximum Gasteiger partial charge on any atom is 0.410 e. The number of nitrogens with zero attached hydrogens (tertiary/aromatic N) is 1. The molecule has 1 aliphatic heterocycles. The average Bonchev–Trinajstić information content (AvgIpc) is 2.60. The molecule has 3 atom stereocenters. The number of ether oxygens (including phenoxy) is 2. The van der Waals surface area contributed by atoms with Crippen LogP contribution in [0.15, 0.2) is 24.3 Å². The third kappa shape index (κ3) is 5.84. The highest BCUT2D eigenvalue weighted by molar-refractivity contribution is 5.80. The molecule has 0 aromatic heterocycles. The van der Waals surface area contributed by atoms with E-state index >= 15 is 0 Å². The first-order valence-corrected chi connectivity index (χ1v) is 9.17. The fraction of sp³-hybridized carbons (Fsp3) is 0.600. The van der Waals surface area contributed by atoms with Crippen molar-refractivity contribution in [1.82, 2.24) is 10.2 Å². The predicted octanol–water partition coefficient (Wildman–Crippen LogP) is 3.47. The summed E-state index contributed by atoms with van der Waals surface area (Å²) in [5.41, 5.74) is 0.274. The highest BCUT2D eigenvalue weighted by atomic mass is 19.1. The number of likely N-dealkylation sites (tertiary alicyclic amines) is 1. The maximum absolute atomic E-state index is 14.6. The van der Waals surface area contributed by atoms with Crippen LogP contribution in [0, 0.1) is 5.92 Å². The second kappa shape index (κ2) is 8.59. The number of carbonyl (C=O) groups excluding carboxylic acids is 2. The Morgan fingerprint density at radius 2 is 1.89 bits per heavy atom. The lowest BCUT2D eigenvalue weighted by atomic mass is 9.93. The van der Waals surface area contributed by atoms with Gasteiger partial charge in [-0.25, -0.2) is 9.18 Å². The number of carbonyl (C=O) groups is 2. The molecule has 1 aromatic rings. The molecule has 0 radical (unpaired) electrons. The Bertz CT molecular complexity index is 657. The number of hydrogen-bond acceptors (Lipinski definition) is 4. The van der Waals surface area contributed by atoms with Crippen LogP contribution >= 0.6 is 0 Å². The van der Waals surface area contributed by atoms with Crippen molar-refractivity contribution in [3.63, 3.8) is 0 Å². The van der Waals surface area contributed by atoms with Crippen LogP contribution in [0.4, 0.5) is 9.18 Å². The van der Waals surface area contributed by atoms with Crippen molar-refractivity contribution in [1.29, 1.82) is 0 Å². The molecule has 7 heteroatoms. The van der Waals surface area contributed by atoms with E-state index in [4.69, 9.17) is 9.47 Å². The highest BCUT2D eigenvalue weighted by Gasteiger charge is 2.37. The van der Waals surface area contributed by atoms with Crippen LogP contribution in [0.2, 0.25) is 0 Å². The highest BCUT2D eigenvalue weighted by Crippen LogP contribution is 2.24. The second-order valence-corrected chi connectivity index (χ2v) is 7.84. The second-order valence-electron chi connectivity index (χ2n) is 7.84. The van der Waals surface area contributed by atoms with E-state index in [1.165, 1.54) is 4.90 Å². The van der Waals surface area contributed by atoms with E-state index in [-0.39, 0.29) is 24.9 Å². The van der Waals surface area contributed by atoms with Gasteiger partial charge in [0.2, 0.25) is 5.91 Å². The van der Waals surface area contributed by atoms with Crippen LogP contribution in [-0.4, -0.2) is 48.9 Å². The fourth-order valence-corrected chi connectivity index (χ4v) is 2.99. The Morgan fingerprint density at radius 1 is 1.26 bits per heavy atom. The monoisotopic (exact) mass is 380 g/mol. The van der Waals surface area contributed by atoms with E-state index in [2.05, 4.69) is 5.32 Å². The van der Waals surface area contributed by atoms with Crippen LogP contribution in [0.1, 0.15) is 45.7 Å². The zero-order chi connectivity index (χ0) is 20.2. The molecule has 1 saturated heterocycles. The molecule has 1 aliphatic rings. The van der Waals surface area contributed by atoms with E-state index in [1.54, 1.807) is 27.9 Å². The first kappa shape index (κ1) is 21.0. The molecule has 0 saturated carbocycles. The zero-order valence-corrected chi connectivity index (χ0v) is 16.6. The van der Waals surface area contributed by atoms with E-state index in [1.807, 2.05) is 31.2 Å². The molecule has 6 nitrogen and oxygen atoms in total. The minimum atomic E-state index is -1.42. The van der Waals surface area contributed by atoms with E-state index in [0.29, 0.717) is 6.54 Å². The Morgan fingerprint density at radius 3 is 2.41 bits per heavy atom. The number of amides is 2. The summed E-state index contributed by atoms with van der Waals surface area (Å²) in [5.74, 6) is -0.380. The van der Waals surface area contributed by atoms with Crippen molar-refractivity contribution >= 4 is 12.0 Å². The van der Waals surface area contributed by atoms with Gasteiger partial charge in [-0.1, -0.05) is 12.1 Å².